The molecule has 1 aliphatic rings. The number of benzene rings is 8. The van der Waals surface area contributed by atoms with Gasteiger partial charge in [-0.1, -0.05) is 166 Å². The van der Waals surface area contributed by atoms with E-state index in [-0.39, 0.29) is 5.41 Å². The van der Waals surface area contributed by atoms with Crippen LogP contribution in [0.15, 0.2) is 194 Å². The molecular weight excluding hydrogens is 721 g/mol. The third kappa shape index (κ3) is 5.69. The first kappa shape index (κ1) is 34.3. The molecule has 2 nitrogen and oxygen atoms in total. The second-order valence-electron chi connectivity index (χ2n) is 15.7. The van der Waals surface area contributed by atoms with Crippen LogP contribution in [0, 0.1) is 0 Å². The van der Waals surface area contributed by atoms with Crippen LogP contribution >= 0.6 is 11.3 Å². The predicted octanol–water partition coefficient (Wildman–Crippen LogP) is 15.2. The summed E-state index contributed by atoms with van der Waals surface area (Å²) in [5.74, 6) is 0.705. The average molecular weight is 759 g/mol. The standard InChI is InChI=1S/C55H38N2S/c1-55(2)47-25-13-11-23-45(47)53-44(24-15-26-48(53)55)42-21-10-9-20-41(42)39-30-38(37-28-29-52-46(33-37)43-22-12-14-27-51(43)58-52)31-40(32-39)50-34-49(35-16-5-3-6-17-35)56-54(57-50)36-18-7-4-8-19-36/h3-34H,1-2H3. The molecule has 2 heterocycles. The van der Waals surface area contributed by atoms with Crippen LogP contribution in [0.25, 0.3) is 98.6 Å². The summed E-state index contributed by atoms with van der Waals surface area (Å²) >= 11 is 1.85. The summed E-state index contributed by atoms with van der Waals surface area (Å²) in [5, 5.41) is 2.58. The first-order valence-corrected chi connectivity index (χ1v) is 20.7. The van der Waals surface area contributed by atoms with Gasteiger partial charge >= 0.3 is 0 Å². The molecule has 0 saturated carbocycles. The molecule has 0 aliphatic heterocycles. The first-order valence-electron chi connectivity index (χ1n) is 19.9. The molecule has 274 valence electrons. The van der Waals surface area contributed by atoms with E-state index in [0.717, 1.165) is 39.2 Å². The molecule has 0 spiro atoms. The fourth-order valence-electron chi connectivity index (χ4n) is 9.02. The Labute approximate surface area is 342 Å². The molecule has 0 saturated heterocycles. The van der Waals surface area contributed by atoms with Gasteiger partial charge in [-0.3, -0.25) is 0 Å². The van der Waals surface area contributed by atoms with Crippen LogP contribution in [0.5, 0.6) is 0 Å². The second-order valence-corrected chi connectivity index (χ2v) is 16.8. The lowest BCUT2D eigenvalue weighted by atomic mass is 9.81. The molecule has 8 aromatic carbocycles. The maximum Gasteiger partial charge on any atom is 0.160 e. The van der Waals surface area contributed by atoms with E-state index in [2.05, 4.69) is 184 Å². The van der Waals surface area contributed by atoms with Crippen molar-refractivity contribution in [3.63, 3.8) is 0 Å². The van der Waals surface area contributed by atoms with E-state index < -0.39 is 0 Å². The highest BCUT2D eigenvalue weighted by atomic mass is 32.1. The third-order valence-corrected chi connectivity index (χ3v) is 13.1. The Kier molecular flexibility index (Phi) is 8.06. The summed E-state index contributed by atoms with van der Waals surface area (Å²) in [6.45, 7) is 4.71. The van der Waals surface area contributed by atoms with Crippen LogP contribution in [0.1, 0.15) is 25.0 Å². The fraction of sp³-hybridized carbons (Fsp3) is 0.0545. The molecule has 0 atom stereocenters. The monoisotopic (exact) mass is 758 g/mol. The van der Waals surface area contributed by atoms with E-state index in [0.29, 0.717) is 5.82 Å². The SMILES string of the molecule is CC1(C)c2ccccc2-c2c(-c3ccccc3-c3cc(-c4ccc5sc6ccccc6c5c4)cc(-c4cc(-c5ccccc5)nc(-c5ccccc5)n4)c3)cccc21. The minimum Gasteiger partial charge on any atom is -0.228 e. The molecule has 0 unspecified atom stereocenters. The van der Waals surface area contributed by atoms with Crippen LogP contribution in [0.3, 0.4) is 0 Å². The Balaban J connectivity index is 1.16. The zero-order valence-electron chi connectivity index (χ0n) is 32.3. The molecule has 0 radical (unpaired) electrons. The largest absolute Gasteiger partial charge is 0.228 e. The molecule has 2 aromatic heterocycles. The Bertz CT molecular complexity index is 3140. The number of fused-ring (bicyclic) bond motifs is 6. The number of thiophene rings is 1. The van der Waals surface area contributed by atoms with Crippen molar-refractivity contribution in [1.29, 1.82) is 0 Å². The van der Waals surface area contributed by atoms with Gasteiger partial charge in [0.05, 0.1) is 11.4 Å². The minimum absolute atomic E-state index is 0.0889. The summed E-state index contributed by atoms with van der Waals surface area (Å²) in [6, 6.07) is 70.3. The molecule has 0 N–H and O–H groups in total. The highest BCUT2D eigenvalue weighted by Gasteiger charge is 2.36. The molecule has 1 aliphatic carbocycles. The van der Waals surface area contributed by atoms with Gasteiger partial charge < -0.3 is 0 Å². The van der Waals surface area contributed by atoms with Gasteiger partial charge in [-0.05, 0) is 98.1 Å². The van der Waals surface area contributed by atoms with Gasteiger partial charge in [0.25, 0.3) is 0 Å². The topological polar surface area (TPSA) is 25.8 Å². The van der Waals surface area contributed by atoms with Gasteiger partial charge in [0.15, 0.2) is 5.82 Å². The van der Waals surface area contributed by atoms with Crippen molar-refractivity contribution in [2.75, 3.05) is 0 Å². The van der Waals surface area contributed by atoms with Crippen molar-refractivity contribution in [3.8, 4) is 78.4 Å². The average Bonchev–Trinajstić information content (AvgIpc) is 3.78. The van der Waals surface area contributed by atoms with Gasteiger partial charge in [0.2, 0.25) is 0 Å². The molecule has 0 amide bonds. The lowest BCUT2D eigenvalue weighted by Crippen LogP contribution is -2.14. The Morgan fingerprint density at radius 3 is 1.76 bits per heavy atom. The van der Waals surface area contributed by atoms with Crippen LogP contribution < -0.4 is 0 Å². The van der Waals surface area contributed by atoms with E-state index in [1.54, 1.807) is 0 Å². The zero-order valence-corrected chi connectivity index (χ0v) is 33.1. The third-order valence-electron chi connectivity index (χ3n) is 11.9. The maximum absolute atomic E-state index is 5.31. The Morgan fingerprint density at radius 2 is 0.948 bits per heavy atom. The molecule has 0 bridgehead atoms. The first-order chi connectivity index (χ1) is 28.5. The normalized spacial score (nSPS) is 12.8. The van der Waals surface area contributed by atoms with Crippen molar-refractivity contribution in [2.45, 2.75) is 19.3 Å². The van der Waals surface area contributed by atoms with Gasteiger partial charge in [0, 0.05) is 42.3 Å². The fourth-order valence-corrected chi connectivity index (χ4v) is 10.1. The summed E-state index contributed by atoms with van der Waals surface area (Å²) in [6.07, 6.45) is 0. The van der Waals surface area contributed by atoms with Crippen molar-refractivity contribution in [2.24, 2.45) is 0 Å². The van der Waals surface area contributed by atoms with Gasteiger partial charge in [-0.2, -0.15) is 0 Å². The molecule has 10 aromatic rings. The van der Waals surface area contributed by atoms with Crippen LogP contribution in [-0.2, 0) is 5.41 Å². The lowest BCUT2D eigenvalue weighted by Gasteiger charge is -2.22. The van der Waals surface area contributed by atoms with E-state index >= 15 is 0 Å². The summed E-state index contributed by atoms with van der Waals surface area (Å²) in [5.41, 5.74) is 17.3. The second kappa shape index (κ2) is 13.6. The lowest BCUT2D eigenvalue weighted by molar-refractivity contribution is 0.660. The predicted molar refractivity (Wildman–Crippen MR) is 245 cm³/mol. The van der Waals surface area contributed by atoms with Gasteiger partial charge in [-0.25, -0.2) is 9.97 Å². The van der Waals surface area contributed by atoms with E-state index in [4.69, 9.17) is 9.97 Å². The van der Waals surface area contributed by atoms with E-state index in [1.807, 2.05) is 35.6 Å². The van der Waals surface area contributed by atoms with E-state index in [1.165, 1.54) is 64.7 Å². The van der Waals surface area contributed by atoms with Gasteiger partial charge in [-0.15, -0.1) is 11.3 Å². The van der Waals surface area contributed by atoms with Crippen molar-refractivity contribution in [1.82, 2.24) is 9.97 Å². The highest BCUT2D eigenvalue weighted by Crippen LogP contribution is 2.53. The molecule has 11 rings (SSSR count). The number of hydrogen-bond acceptors (Lipinski definition) is 3. The van der Waals surface area contributed by atoms with Crippen molar-refractivity contribution in [3.05, 3.63) is 205 Å². The molecule has 0 fully saturated rings. The number of rotatable bonds is 6. The highest BCUT2D eigenvalue weighted by molar-refractivity contribution is 7.25. The quantitative estimate of drug-likeness (QED) is 0.169. The summed E-state index contributed by atoms with van der Waals surface area (Å²) in [7, 11) is 0. The summed E-state index contributed by atoms with van der Waals surface area (Å²) in [4.78, 5) is 10.4. The van der Waals surface area contributed by atoms with E-state index in [9.17, 15) is 0 Å². The van der Waals surface area contributed by atoms with Crippen LogP contribution in [0.2, 0.25) is 0 Å². The van der Waals surface area contributed by atoms with Crippen LogP contribution in [0.4, 0.5) is 0 Å². The maximum atomic E-state index is 5.31. The zero-order chi connectivity index (χ0) is 38.8. The minimum atomic E-state index is -0.0889. The number of aromatic nitrogens is 2. The number of hydrogen-bond donors (Lipinski definition) is 0. The van der Waals surface area contributed by atoms with Crippen molar-refractivity contribution >= 4 is 31.5 Å². The summed E-state index contributed by atoms with van der Waals surface area (Å²) < 4.78 is 2.60. The smallest absolute Gasteiger partial charge is 0.160 e. The van der Waals surface area contributed by atoms with Crippen LogP contribution in [-0.4, -0.2) is 9.97 Å². The molecule has 3 heteroatoms. The molecule has 58 heavy (non-hydrogen) atoms. The Morgan fingerprint density at radius 1 is 0.362 bits per heavy atom. The molecular formula is C55H38N2S. The number of nitrogens with zero attached hydrogens (tertiary/aromatic N) is 2. The van der Waals surface area contributed by atoms with Gasteiger partial charge in [0.1, 0.15) is 0 Å². The Hall–Kier alpha value is -6.94. The van der Waals surface area contributed by atoms with Crippen molar-refractivity contribution < 1.29 is 0 Å².